The van der Waals surface area contributed by atoms with Gasteiger partial charge >= 0.3 is 11.7 Å². The molecule has 0 saturated heterocycles. The molecule has 20 heavy (non-hydrogen) atoms. The van der Waals surface area contributed by atoms with Crippen molar-refractivity contribution in [3.8, 4) is 5.75 Å². The molecule has 1 aromatic rings. The first kappa shape index (κ1) is 15.7. The Balaban J connectivity index is 2.68. The summed E-state index contributed by atoms with van der Waals surface area (Å²) in [5, 5.41) is 10.9. The average molecular weight is 279 g/mol. The Morgan fingerprint density at radius 3 is 2.75 bits per heavy atom. The average Bonchev–Trinajstić information content (AvgIpc) is 2.43. The first-order valence-corrected chi connectivity index (χ1v) is 6.31. The zero-order valence-electron chi connectivity index (χ0n) is 11.5. The van der Waals surface area contributed by atoms with Crippen LogP contribution in [0.4, 0.5) is 5.69 Å². The molecular formula is C14H17NO5. The molecule has 0 fully saturated rings. The molecule has 6 heteroatoms. The van der Waals surface area contributed by atoms with Crippen molar-refractivity contribution in [1.29, 1.82) is 0 Å². The second-order valence-corrected chi connectivity index (χ2v) is 3.88. The second-order valence-electron chi connectivity index (χ2n) is 3.88. The summed E-state index contributed by atoms with van der Waals surface area (Å²) in [7, 11) is 0. The van der Waals surface area contributed by atoms with Crippen LogP contribution in [0.3, 0.4) is 0 Å². The minimum Gasteiger partial charge on any atom is -0.483 e. The van der Waals surface area contributed by atoms with Gasteiger partial charge in [0.05, 0.1) is 11.5 Å². The van der Waals surface area contributed by atoms with Crippen molar-refractivity contribution in [3.63, 3.8) is 0 Å². The van der Waals surface area contributed by atoms with E-state index in [1.54, 1.807) is 19.1 Å². The molecule has 108 valence electrons. The van der Waals surface area contributed by atoms with Crippen molar-refractivity contribution in [2.24, 2.45) is 0 Å². The molecule has 0 aromatic heterocycles. The number of carbonyl (C=O) groups excluding carboxylic acids is 1. The number of benzene rings is 1. The highest BCUT2D eigenvalue weighted by atomic mass is 16.6. The van der Waals surface area contributed by atoms with Crippen LogP contribution in [0, 0.1) is 10.1 Å². The van der Waals surface area contributed by atoms with Gasteiger partial charge in [0, 0.05) is 12.1 Å². The molecule has 0 atom stereocenters. The maximum atomic E-state index is 11.0. The Hall–Kier alpha value is -2.37. The summed E-state index contributed by atoms with van der Waals surface area (Å²) in [5.74, 6) is -0.285. The number of rotatable bonds is 7. The lowest BCUT2D eigenvalue weighted by molar-refractivity contribution is -0.385. The van der Waals surface area contributed by atoms with E-state index in [-0.39, 0.29) is 18.0 Å². The summed E-state index contributed by atoms with van der Waals surface area (Å²) in [4.78, 5) is 21.5. The predicted molar refractivity (Wildman–Crippen MR) is 73.7 cm³/mol. The standard InChI is InChI=1S/C14H17NO5/c1-3-11-7-8-13(12(10-11)15(17)18)20-9-5-6-14(16)19-4-2/h5-8,10H,3-4,9H2,1-2H3/b6-5+. The highest BCUT2D eigenvalue weighted by molar-refractivity contribution is 5.81. The predicted octanol–water partition coefficient (Wildman–Crippen LogP) is 2.66. The Labute approximate surface area is 117 Å². The van der Waals surface area contributed by atoms with Gasteiger partial charge in [0.15, 0.2) is 5.75 Å². The van der Waals surface area contributed by atoms with E-state index in [0.29, 0.717) is 13.0 Å². The summed E-state index contributed by atoms with van der Waals surface area (Å²) >= 11 is 0. The van der Waals surface area contributed by atoms with Crippen molar-refractivity contribution < 1.29 is 19.2 Å². The van der Waals surface area contributed by atoms with E-state index in [1.165, 1.54) is 18.2 Å². The van der Waals surface area contributed by atoms with Crippen molar-refractivity contribution >= 4 is 11.7 Å². The lowest BCUT2D eigenvalue weighted by atomic mass is 10.1. The number of ether oxygens (including phenoxy) is 2. The van der Waals surface area contributed by atoms with Crippen LogP contribution in [0.1, 0.15) is 19.4 Å². The summed E-state index contributed by atoms with van der Waals surface area (Å²) in [6.45, 7) is 3.99. The van der Waals surface area contributed by atoms with Crippen LogP contribution in [0.25, 0.3) is 0 Å². The highest BCUT2D eigenvalue weighted by Gasteiger charge is 2.15. The van der Waals surface area contributed by atoms with Crippen LogP contribution >= 0.6 is 0 Å². The third kappa shape index (κ3) is 4.72. The molecule has 0 aliphatic rings. The van der Waals surface area contributed by atoms with Crippen LogP contribution in [0.15, 0.2) is 30.4 Å². The molecule has 0 N–H and O–H groups in total. The first-order valence-electron chi connectivity index (χ1n) is 6.31. The maximum Gasteiger partial charge on any atom is 0.330 e. The molecular weight excluding hydrogens is 262 g/mol. The number of esters is 1. The Kier molecular flexibility index (Phi) is 6.22. The zero-order valence-corrected chi connectivity index (χ0v) is 11.5. The largest absolute Gasteiger partial charge is 0.483 e. The molecule has 0 unspecified atom stereocenters. The number of nitrogens with zero attached hydrogens (tertiary/aromatic N) is 1. The number of hydrogen-bond acceptors (Lipinski definition) is 5. The lowest BCUT2D eigenvalue weighted by Crippen LogP contribution is -2.02. The molecule has 0 aliphatic carbocycles. The van der Waals surface area contributed by atoms with Gasteiger partial charge in [-0.3, -0.25) is 10.1 Å². The second kappa shape index (κ2) is 7.93. The van der Waals surface area contributed by atoms with Crippen molar-refractivity contribution in [3.05, 3.63) is 46.0 Å². The van der Waals surface area contributed by atoms with Gasteiger partial charge in [-0.05, 0) is 31.1 Å². The van der Waals surface area contributed by atoms with Crippen LogP contribution in [0.2, 0.25) is 0 Å². The van der Waals surface area contributed by atoms with Gasteiger partial charge in [-0.2, -0.15) is 0 Å². The SMILES string of the molecule is CCOC(=O)/C=C/COc1ccc(CC)cc1[N+](=O)[O-]. The summed E-state index contributed by atoms with van der Waals surface area (Å²) in [6, 6.07) is 4.83. The smallest absolute Gasteiger partial charge is 0.330 e. The number of nitro benzene ring substituents is 1. The molecule has 0 amide bonds. The summed E-state index contributed by atoms with van der Waals surface area (Å²) < 4.78 is 9.99. The van der Waals surface area contributed by atoms with Gasteiger partial charge in [-0.25, -0.2) is 4.79 Å². The molecule has 1 rings (SSSR count). The van der Waals surface area contributed by atoms with E-state index in [0.717, 1.165) is 5.56 Å². The highest BCUT2D eigenvalue weighted by Crippen LogP contribution is 2.28. The molecule has 0 spiro atoms. The minimum absolute atomic E-state index is 0.0606. The van der Waals surface area contributed by atoms with Gasteiger partial charge < -0.3 is 9.47 Å². The minimum atomic E-state index is -0.483. The van der Waals surface area contributed by atoms with Gasteiger partial charge in [0.2, 0.25) is 0 Å². The van der Waals surface area contributed by atoms with Gasteiger partial charge in [0.1, 0.15) is 6.61 Å². The number of aryl methyl sites for hydroxylation is 1. The molecule has 1 aromatic carbocycles. The topological polar surface area (TPSA) is 78.7 Å². The fourth-order valence-electron chi connectivity index (χ4n) is 1.52. The zero-order chi connectivity index (χ0) is 15.0. The maximum absolute atomic E-state index is 11.0. The quantitative estimate of drug-likeness (QED) is 0.332. The lowest BCUT2D eigenvalue weighted by Gasteiger charge is -2.05. The summed E-state index contributed by atoms with van der Waals surface area (Å²) in [6.07, 6.45) is 3.40. The number of hydrogen-bond donors (Lipinski definition) is 0. The van der Waals surface area contributed by atoms with E-state index in [1.807, 2.05) is 6.92 Å². The first-order chi connectivity index (χ1) is 9.58. The van der Waals surface area contributed by atoms with E-state index < -0.39 is 10.9 Å². The molecule has 0 saturated carbocycles. The third-order valence-corrected chi connectivity index (χ3v) is 2.50. The van der Waals surface area contributed by atoms with E-state index in [4.69, 9.17) is 9.47 Å². The molecule has 0 heterocycles. The van der Waals surface area contributed by atoms with Crippen molar-refractivity contribution in [1.82, 2.24) is 0 Å². The molecule has 0 bridgehead atoms. The van der Waals surface area contributed by atoms with Crippen molar-refractivity contribution in [2.75, 3.05) is 13.2 Å². The van der Waals surface area contributed by atoms with Gasteiger partial charge in [-0.1, -0.05) is 13.0 Å². The molecule has 6 nitrogen and oxygen atoms in total. The van der Waals surface area contributed by atoms with Crippen LogP contribution in [0.5, 0.6) is 5.75 Å². The van der Waals surface area contributed by atoms with Crippen molar-refractivity contribution in [2.45, 2.75) is 20.3 Å². The fourth-order valence-corrected chi connectivity index (χ4v) is 1.52. The van der Waals surface area contributed by atoms with Crippen LogP contribution in [-0.2, 0) is 16.0 Å². The Morgan fingerprint density at radius 1 is 1.40 bits per heavy atom. The van der Waals surface area contributed by atoms with Gasteiger partial charge in [0.25, 0.3) is 0 Å². The van der Waals surface area contributed by atoms with Crippen LogP contribution in [-0.4, -0.2) is 24.1 Å². The Morgan fingerprint density at radius 2 is 2.15 bits per heavy atom. The monoisotopic (exact) mass is 279 g/mol. The van der Waals surface area contributed by atoms with E-state index >= 15 is 0 Å². The van der Waals surface area contributed by atoms with Gasteiger partial charge in [-0.15, -0.1) is 0 Å². The normalized spacial score (nSPS) is 10.5. The Bertz CT molecular complexity index is 510. The van der Waals surface area contributed by atoms with E-state index in [9.17, 15) is 14.9 Å². The number of carbonyl (C=O) groups is 1. The number of nitro groups is 1. The van der Waals surface area contributed by atoms with Crippen LogP contribution < -0.4 is 4.74 Å². The van der Waals surface area contributed by atoms with E-state index in [2.05, 4.69) is 0 Å². The molecule has 0 radical (unpaired) electrons. The molecule has 0 aliphatic heterocycles. The third-order valence-electron chi connectivity index (χ3n) is 2.50. The summed E-state index contributed by atoms with van der Waals surface area (Å²) in [5.41, 5.74) is 0.792. The fraction of sp³-hybridized carbons (Fsp3) is 0.357.